The van der Waals surface area contributed by atoms with Crippen molar-refractivity contribution >= 4 is 12.2 Å². The van der Waals surface area contributed by atoms with E-state index in [1.807, 2.05) is 5.43 Å². The Morgan fingerprint density at radius 3 is 2.57 bits per heavy atom. The first-order valence-corrected chi connectivity index (χ1v) is 6.25. The second kappa shape index (κ2) is 6.77. The highest BCUT2D eigenvalue weighted by molar-refractivity contribution is 5.81. The number of rotatable bonds is 4. The molecule has 1 aromatic carbocycles. The van der Waals surface area contributed by atoms with Crippen LogP contribution in [-0.2, 0) is 6.18 Å². The summed E-state index contributed by atoms with van der Waals surface area (Å²) < 4.78 is 43.7. The number of carbonyl (C=O) groups excluding carboxylic acids is 1. The Morgan fingerprint density at radius 1 is 1.26 bits per heavy atom. The van der Waals surface area contributed by atoms with Crippen molar-refractivity contribution in [1.29, 1.82) is 0 Å². The molecule has 0 radical (unpaired) electrons. The maximum Gasteiger partial charge on any atom is 0.421 e. The van der Waals surface area contributed by atoms with Gasteiger partial charge in [-0.15, -0.1) is 0 Å². The van der Waals surface area contributed by atoms with Crippen LogP contribution in [0.15, 0.2) is 47.7 Å². The molecule has 9 heteroatoms. The third-order valence-corrected chi connectivity index (χ3v) is 2.56. The number of ether oxygens (including phenoxy) is 1. The van der Waals surface area contributed by atoms with Crippen LogP contribution in [0.3, 0.4) is 0 Å². The van der Waals surface area contributed by atoms with E-state index in [0.717, 1.165) is 6.07 Å². The molecule has 23 heavy (non-hydrogen) atoms. The third kappa shape index (κ3) is 4.70. The number of nitrogens with one attached hydrogen (secondary N) is 1. The highest BCUT2D eigenvalue weighted by atomic mass is 19.4. The van der Waals surface area contributed by atoms with Gasteiger partial charge in [0.05, 0.1) is 6.21 Å². The van der Waals surface area contributed by atoms with Crippen molar-refractivity contribution in [3.63, 3.8) is 0 Å². The van der Waals surface area contributed by atoms with Gasteiger partial charge in [-0.05, 0) is 42.0 Å². The minimum absolute atomic E-state index is 0.175. The zero-order valence-corrected chi connectivity index (χ0v) is 11.5. The van der Waals surface area contributed by atoms with Gasteiger partial charge in [0, 0.05) is 6.20 Å². The zero-order chi connectivity index (χ0) is 16.9. The van der Waals surface area contributed by atoms with Gasteiger partial charge in [0.15, 0.2) is 0 Å². The number of aromatic nitrogens is 1. The highest BCUT2D eigenvalue weighted by Gasteiger charge is 2.35. The van der Waals surface area contributed by atoms with Crippen molar-refractivity contribution in [1.82, 2.24) is 10.4 Å². The van der Waals surface area contributed by atoms with E-state index in [0.29, 0.717) is 5.56 Å². The molecule has 2 rings (SSSR count). The number of benzene rings is 1. The maximum atomic E-state index is 12.8. The largest absolute Gasteiger partial charge is 0.438 e. The van der Waals surface area contributed by atoms with E-state index in [1.165, 1.54) is 42.7 Å². The molecule has 6 nitrogen and oxygen atoms in total. The minimum Gasteiger partial charge on any atom is -0.438 e. The van der Waals surface area contributed by atoms with Crippen molar-refractivity contribution < 1.29 is 22.7 Å². The van der Waals surface area contributed by atoms with Crippen LogP contribution in [0.4, 0.5) is 18.0 Å². The van der Waals surface area contributed by atoms with E-state index in [1.54, 1.807) is 0 Å². The molecule has 2 amide bonds. The Morgan fingerprint density at radius 2 is 1.96 bits per heavy atom. The number of amides is 2. The number of nitrogens with two attached hydrogens (primary N) is 1. The van der Waals surface area contributed by atoms with Gasteiger partial charge in [-0.3, -0.25) is 0 Å². The summed E-state index contributed by atoms with van der Waals surface area (Å²) in [6.07, 6.45) is -2.03. The quantitative estimate of drug-likeness (QED) is 0.669. The summed E-state index contributed by atoms with van der Waals surface area (Å²) in [7, 11) is 0. The Kier molecular flexibility index (Phi) is 4.79. The molecule has 0 bridgehead atoms. The fourth-order valence-electron chi connectivity index (χ4n) is 1.59. The second-order valence-electron chi connectivity index (χ2n) is 4.26. The van der Waals surface area contributed by atoms with Gasteiger partial charge in [-0.1, -0.05) is 0 Å². The highest BCUT2D eigenvalue weighted by Crippen LogP contribution is 2.36. The number of hydrogen-bond acceptors (Lipinski definition) is 4. The molecule has 1 aromatic heterocycles. The lowest BCUT2D eigenvalue weighted by Gasteiger charge is -2.12. The molecule has 0 spiro atoms. The number of halogens is 3. The van der Waals surface area contributed by atoms with Crippen LogP contribution in [0, 0.1) is 0 Å². The molecule has 0 aliphatic heterocycles. The summed E-state index contributed by atoms with van der Waals surface area (Å²) in [5, 5.41) is 3.55. The standard InChI is InChI=1S/C14H11F3N4O2/c15-14(16,17)11-2-1-7-19-12(11)23-10-5-3-9(4-6-10)8-20-21-13(18)22/h1-8H,(H3,18,21,22). The van der Waals surface area contributed by atoms with Crippen molar-refractivity contribution in [2.45, 2.75) is 6.18 Å². The summed E-state index contributed by atoms with van der Waals surface area (Å²) in [4.78, 5) is 14.0. The van der Waals surface area contributed by atoms with Crippen molar-refractivity contribution in [2.75, 3.05) is 0 Å². The first-order valence-electron chi connectivity index (χ1n) is 6.25. The molecule has 120 valence electrons. The fraction of sp³-hybridized carbons (Fsp3) is 0.0714. The van der Waals surface area contributed by atoms with Crippen LogP contribution in [-0.4, -0.2) is 17.2 Å². The first-order chi connectivity index (χ1) is 10.9. The van der Waals surface area contributed by atoms with E-state index >= 15 is 0 Å². The number of pyridine rings is 1. The van der Waals surface area contributed by atoms with Gasteiger partial charge in [0.2, 0.25) is 5.88 Å². The normalized spacial score (nSPS) is 11.4. The molecule has 2 aromatic rings. The smallest absolute Gasteiger partial charge is 0.421 e. The summed E-state index contributed by atoms with van der Waals surface area (Å²) in [6, 6.07) is 7.23. The van der Waals surface area contributed by atoms with Gasteiger partial charge < -0.3 is 10.5 Å². The lowest BCUT2D eigenvalue weighted by Crippen LogP contribution is -2.24. The summed E-state index contributed by atoms with van der Waals surface area (Å²) in [5.41, 5.74) is 6.47. The number of nitrogens with zero attached hydrogens (tertiary/aromatic N) is 2. The van der Waals surface area contributed by atoms with Crippen molar-refractivity contribution in [2.24, 2.45) is 10.8 Å². The van der Waals surface area contributed by atoms with Crippen LogP contribution >= 0.6 is 0 Å². The molecule has 0 fully saturated rings. The average molecular weight is 324 g/mol. The van der Waals surface area contributed by atoms with Gasteiger partial charge in [0.25, 0.3) is 0 Å². The van der Waals surface area contributed by atoms with Crippen LogP contribution in [0.1, 0.15) is 11.1 Å². The molecule has 3 N–H and O–H groups in total. The maximum absolute atomic E-state index is 12.8. The van der Waals surface area contributed by atoms with E-state index in [4.69, 9.17) is 10.5 Å². The van der Waals surface area contributed by atoms with Gasteiger partial charge in [-0.2, -0.15) is 18.3 Å². The van der Waals surface area contributed by atoms with Crippen LogP contribution < -0.4 is 15.9 Å². The van der Waals surface area contributed by atoms with Gasteiger partial charge in [-0.25, -0.2) is 15.2 Å². The minimum atomic E-state index is -4.56. The first kappa shape index (κ1) is 16.3. The zero-order valence-electron chi connectivity index (χ0n) is 11.5. The number of urea groups is 1. The average Bonchev–Trinajstić information content (AvgIpc) is 2.48. The number of carbonyl (C=O) groups is 1. The van der Waals surface area contributed by atoms with Crippen LogP contribution in [0.5, 0.6) is 11.6 Å². The Bertz CT molecular complexity index is 715. The van der Waals surface area contributed by atoms with Gasteiger partial charge >= 0.3 is 12.2 Å². The van der Waals surface area contributed by atoms with Crippen molar-refractivity contribution in [3.8, 4) is 11.6 Å². The molecule has 0 aliphatic carbocycles. The Labute approximate surface area is 128 Å². The topological polar surface area (TPSA) is 89.6 Å². The second-order valence-corrected chi connectivity index (χ2v) is 4.26. The Hall–Kier alpha value is -3.10. The third-order valence-electron chi connectivity index (χ3n) is 2.56. The van der Waals surface area contributed by atoms with Crippen molar-refractivity contribution in [3.05, 3.63) is 53.7 Å². The number of hydrazone groups is 1. The molecule has 0 saturated carbocycles. The lowest BCUT2D eigenvalue weighted by atomic mass is 10.2. The predicted molar refractivity (Wildman–Crippen MR) is 76.1 cm³/mol. The lowest BCUT2D eigenvalue weighted by molar-refractivity contribution is -0.138. The number of primary amides is 1. The predicted octanol–water partition coefficient (Wildman–Crippen LogP) is 2.89. The summed E-state index contributed by atoms with van der Waals surface area (Å²) in [6.45, 7) is 0. The molecular formula is C14H11F3N4O2. The van der Waals surface area contributed by atoms with Gasteiger partial charge in [0.1, 0.15) is 11.3 Å². The molecular weight excluding hydrogens is 313 g/mol. The van der Waals surface area contributed by atoms with Crippen LogP contribution in [0.25, 0.3) is 0 Å². The van der Waals surface area contributed by atoms with E-state index in [-0.39, 0.29) is 5.75 Å². The number of alkyl halides is 3. The molecule has 0 saturated heterocycles. The van der Waals surface area contributed by atoms with E-state index in [2.05, 4.69) is 10.1 Å². The van der Waals surface area contributed by atoms with Crippen LogP contribution in [0.2, 0.25) is 0 Å². The summed E-state index contributed by atoms with van der Waals surface area (Å²) >= 11 is 0. The molecule has 1 heterocycles. The SMILES string of the molecule is NC(=O)NN=Cc1ccc(Oc2ncccc2C(F)(F)F)cc1. The molecule has 0 aliphatic rings. The molecule has 0 unspecified atom stereocenters. The van der Waals surface area contributed by atoms with E-state index < -0.39 is 23.7 Å². The monoisotopic (exact) mass is 324 g/mol. The van der Waals surface area contributed by atoms with E-state index in [9.17, 15) is 18.0 Å². The Balaban J connectivity index is 2.13. The fourth-order valence-corrected chi connectivity index (χ4v) is 1.59. The molecule has 0 atom stereocenters. The summed E-state index contributed by atoms with van der Waals surface area (Å²) in [5.74, 6) is -0.356. The number of hydrogen-bond donors (Lipinski definition) is 2.